The highest BCUT2D eigenvalue weighted by Gasteiger charge is 2.21. The molecule has 8 heteroatoms. The average molecular weight is 480 g/mol. The van der Waals surface area contributed by atoms with Gasteiger partial charge in [0.15, 0.2) is 0 Å². The van der Waals surface area contributed by atoms with Crippen LogP contribution in [0.5, 0.6) is 0 Å². The molecule has 0 heterocycles. The maximum atomic E-state index is 13.0. The molecular formula is C20H16BrClN2O3S. The molecule has 3 aromatic carbocycles. The van der Waals surface area contributed by atoms with Gasteiger partial charge in [0.1, 0.15) is 0 Å². The number of benzene rings is 3. The standard InChI is InChI=1S/C20H16BrClN2O3S/c21-18-11-10-16(28(23,26)27)12-17(18)20(25)24-19(13-4-2-1-3-5-13)14-6-8-15(22)9-7-14/h1-12,19H,(H,24,25)(H2,23,26,27). The maximum absolute atomic E-state index is 13.0. The van der Waals surface area contributed by atoms with Gasteiger partial charge in [0.2, 0.25) is 10.0 Å². The van der Waals surface area contributed by atoms with Crippen molar-refractivity contribution in [2.24, 2.45) is 5.14 Å². The summed E-state index contributed by atoms with van der Waals surface area (Å²) >= 11 is 9.28. The number of carbonyl (C=O) groups excluding carboxylic acids is 1. The Labute approximate surface area is 176 Å². The van der Waals surface area contributed by atoms with E-state index in [1.807, 2.05) is 42.5 Å². The quantitative estimate of drug-likeness (QED) is 0.573. The van der Waals surface area contributed by atoms with Gasteiger partial charge in [0, 0.05) is 9.50 Å². The van der Waals surface area contributed by atoms with E-state index in [9.17, 15) is 13.2 Å². The lowest BCUT2D eigenvalue weighted by atomic mass is 9.98. The Morgan fingerprint density at radius 1 is 0.964 bits per heavy atom. The van der Waals surface area contributed by atoms with E-state index >= 15 is 0 Å². The van der Waals surface area contributed by atoms with Gasteiger partial charge in [-0.05, 0) is 57.4 Å². The van der Waals surface area contributed by atoms with Crippen molar-refractivity contribution in [2.45, 2.75) is 10.9 Å². The van der Waals surface area contributed by atoms with Crippen molar-refractivity contribution in [2.75, 3.05) is 0 Å². The van der Waals surface area contributed by atoms with Gasteiger partial charge in [-0.15, -0.1) is 0 Å². The Morgan fingerprint density at radius 3 is 2.18 bits per heavy atom. The molecule has 28 heavy (non-hydrogen) atoms. The highest BCUT2D eigenvalue weighted by Crippen LogP contribution is 2.26. The summed E-state index contributed by atoms with van der Waals surface area (Å²) in [5.74, 6) is -0.443. The molecule has 1 amide bonds. The predicted octanol–water partition coefficient (Wildman–Crippen LogP) is 4.27. The fourth-order valence-corrected chi connectivity index (χ4v) is 3.82. The van der Waals surface area contributed by atoms with Gasteiger partial charge in [-0.2, -0.15) is 0 Å². The molecular weight excluding hydrogens is 464 g/mol. The first-order chi connectivity index (χ1) is 13.3. The van der Waals surface area contributed by atoms with E-state index < -0.39 is 22.0 Å². The molecule has 1 unspecified atom stereocenters. The number of rotatable bonds is 5. The number of nitrogens with two attached hydrogens (primary N) is 1. The molecule has 0 saturated carbocycles. The van der Waals surface area contributed by atoms with Gasteiger partial charge in [-0.3, -0.25) is 4.79 Å². The van der Waals surface area contributed by atoms with Gasteiger partial charge >= 0.3 is 0 Å². The third kappa shape index (κ3) is 4.80. The van der Waals surface area contributed by atoms with E-state index in [1.54, 1.807) is 12.1 Å². The van der Waals surface area contributed by atoms with E-state index in [-0.39, 0.29) is 10.5 Å². The molecule has 3 N–H and O–H groups in total. The molecule has 0 saturated heterocycles. The van der Waals surface area contributed by atoms with Crippen molar-refractivity contribution < 1.29 is 13.2 Å². The van der Waals surface area contributed by atoms with Crippen molar-refractivity contribution in [3.63, 3.8) is 0 Å². The predicted molar refractivity (Wildman–Crippen MR) is 113 cm³/mol. The summed E-state index contributed by atoms with van der Waals surface area (Å²) in [5.41, 5.74) is 1.88. The Kier molecular flexibility index (Phi) is 6.20. The lowest BCUT2D eigenvalue weighted by Gasteiger charge is -2.20. The number of halogens is 2. The van der Waals surface area contributed by atoms with Crippen LogP contribution in [0.4, 0.5) is 0 Å². The van der Waals surface area contributed by atoms with E-state index in [0.29, 0.717) is 9.50 Å². The third-order valence-electron chi connectivity index (χ3n) is 4.12. The summed E-state index contributed by atoms with van der Waals surface area (Å²) < 4.78 is 23.7. The molecule has 0 bridgehead atoms. The fraction of sp³-hybridized carbons (Fsp3) is 0.0500. The van der Waals surface area contributed by atoms with Crippen molar-refractivity contribution >= 4 is 43.5 Å². The fourth-order valence-electron chi connectivity index (χ4n) is 2.72. The smallest absolute Gasteiger partial charge is 0.253 e. The molecule has 1 atom stereocenters. The summed E-state index contributed by atoms with van der Waals surface area (Å²) in [6.07, 6.45) is 0. The topological polar surface area (TPSA) is 89.3 Å². The second kappa shape index (κ2) is 8.45. The number of amides is 1. The zero-order valence-electron chi connectivity index (χ0n) is 14.5. The number of hydrogen-bond acceptors (Lipinski definition) is 3. The summed E-state index contributed by atoms with van der Waals surface area (Å²) in [4.78, 5) is 12.8. The Hall–Kier alpha value is -2.19. The van der Waals surface area contributed by atoms with Crippen LogP contribution < -0.4 is 10.5 Å². The number of nitrogens with one attached hydrogen (secondary N) is 1. The molecule has 0 aliphatic carbocycles. The minimum absolute atomic E-state index is 0.136. The molecule has 144 valence electrons. The number of carbonyl (C=O) groups is 1. The van der Waals surface area contributed by atoms with Crippen LogP contribution in [0.1, 0.15) is 27.5 Å². The Balaban J connectivity index is 2.00. The molecule has 0 aliphatic rings. The first-order valence-electron chi connectivity index (χ1n) is 8.19. The van der Waals surface area contributed by atoms with Crippen LogP contribution in [-0.2, 0) is 10.0 Å². The highest BCUT2D eigenvalue weighted by atomic mass is 79.9. The van der Waals surface area contributed by atoms with Crippen LogP contribution >= 0.6 is 27.5 Å². The number of sulfonamides is 1. The lowest BCUT2D eigenvalue weighted by Crippen LogP contribution is -2.30. The molecule has 5 nitrogen and oxygen atoms in total. The zero-order valence-corrected chi connectivity index (χ0v) is 17.6. The molecule has 0 aliphatic heterocycles. The van der Waals surface area contributed by atoms with Gasteiger partial charge in [-0.1, -0.05) is 54.1 Å². The summed E-state index contributed by atoms with van der Waals surface area (Å²) in [7, 11) is -3.93. The maximum Gasteiger partial charge on any atom is 0.253 e. The summed E-state index contributed by atoms with van der Waals surface area (Å²) in [5, 5.41) is 8.73. The van der Waals surface area contributed by atoms with Gasteiger partial charge in [-0.25, -0.2) is 13.6 Å². The Bertz CT molecular complexity index is 1100. The highest BCUT2D eigenvalue weighted by molar-refractivity contribution is 9.10. The summed E-state index contributed by atoms with van der Waals surface area (Å²) in [6, 6.07) is 20.2. The monoisotopic (exact) mass is 478 g/mol. The minimum atomic E-state index is -3.93. The van der Waals surface area contributed by atoms with Gasteiger partial charge in [0.25, 0.3) is 5.91 Å². The third-order valence-corrected chi connectivity index (χ3v) is 5.98. The van der Waals surface area contributed by atoms with Crippen molar-refractivity contribution in [3.05, 3.63) is 99.0 Å². The van der Waals surface area contributed by atoms with Crippen molar-refractivity contribution in [3.8, 4) is 0 Å². The molecule has 3 rings (SSSR count). The van der Waals surface area contributed by atoms with Crippen molar-refractivity contribution in [1.82, 2.24) is 5.32 Å². The number of primary sulfonamides is 1. The molecule has 3 aromatic rings. The molecule has 0 fully saturated rings. The van der Waals surface area contributed by atoms with Crippen LogP contribution in [-0.4, -0.2) is 14.3 Å². The minimum Gasteiger partial charge on any atom is -0.341 e. The van der Waals surface area contributed by atoms with Crippen LogP contribution in [0, 0.1) is 0 Å². The van der Waals surface area contributed by atoms with E-state index in [1.165, 1.54) is 18.2 Å². The van der Waals surface area contributed by atoms with Gasteiger partial charge in [0.05, 0.1) is 16.5 Å². The second-order valence-corrected chi connectivity index (χ2v) is 8.91. The van der Waals surface area contributed by atoms with Crippen molar-refractivity contribution in [1.29, 1.82) is 0 Å². The molecule has 0 spiro atoms. The lowest BCUT2D eigenvalue weighted by molar-refractivity contribution is 0.0942. The Morgan fingerprint density at radius 2 is 1.57 bits per heavy atom. The van der Waals surface area contributed by atoms with E-state index in [2.05, 4.69) is 21.2 Å². The molecule has 0 aromatic heterocycles. The largest absolute Gasteiger partial charge is 0.341 e. The van der Waals surface area contributed by atoms with E-state index in [4.69, 9.17) is 16.7 Å². The average Bonchev–Trinajstić information content (AvgIpc) is 2.67. The zero-order chi connectivity index (χ0) is 20.3. The molecule has 0 radical (unpaired) electrons. The van der Waals surface area contributed by atoms with Gasteiger partial charge < -0.3 is 5.32 Å². The van der Waals surface area contributed by atoms with Crippen LogP contribution in [0.25, 0.3) is 0 Å². The van der Waals surface area contributed by atoms with E-state index in [0.717, 1.165) is 11.1 Å². The summed E-state index contributed by atoms with van der Waals surface area (Å²) in [6.45, 7) is 0. The first kappa shape index (κ1) is 20.5. The first-order valence-corrected chi connectivity index (χ1v) is 10.9. The van der Waals surface area contributed by atoms with Crippen LogP contribution in [0.15, 0.2) is 82.2 Å². The SMILES string of the molecule is NS(=O)(=O)c1ccc(Br)c(C(=O)NC(c2ccccc2)c2ccc(Cl)cc2)c1. The van der Waals surface area contributed by atoms with Crippen LogP contribution in [0.3, 0.4) is 0 Å². The number of hydrogen-bond donors (Lipinski definition) is 2. The second-order valence-electron chi connectivity index (χ2n) is 6.06. The van der Waals surface area contributed by atoms with Crippen LogP contribution in [0.2, 0.25) is 5.02 Å². The normalized spacial score (nSPS) is 12.4.